The van der Waals surface area contributed by atoms with E-state index >= 15 is 0 Å². The Hall–Kier alpha value is -2.53. The lowest BCUT2D eigenvalue weighted by atomic mass is 9.93. The molecule has 1 aliphatic heterocycles. The van der Waals surface area contributed by atoms with E-state index in [1.54, 1.807) is 12.1 Å². The Morgan fingerprint density at radius 3 is 2.72 bits per heavy atom. The number of esters is 1. The number of phenols is 1. The summed E-state index contributed by atoms with van der Waals surface area (Å²) in [6.07, 6.45) is 0.643. The van der Waals surface area contributed by atoms with E-state index in [9.17, 15) is 9.90 Å². The Kier molecular flexibility index (Phi) is 5.24. The molecule has 0 amide bonds. The van der Waals surface area contributed by atoms with Gasteiger partial charge in [0.1, 0.15) is 6.04 Å². The molecule has 1 unspecified atom stereocenters. The first kappa shape index (κ1) is 17.3. The van der Waals surface area contributed by atoms with E-state index in [1.807, 2.05) is 25.1 Å². The van der Waals surface area contributed by atoms with Gasteiger partial charge in [0.15, 0.2) is 11.5 Å². The fraction of sp³-hybridized carbons (Fsp3) is 0.350. The van der Waals surface area contributed by atoms with Gasteiger partial charge in [0.05, 0.1) is 13.7 Å². The van der Waals surface area contributed by atoms with Crippen molar-refractivity contribution < 1.29 is 19.4 Å². The lowest BCUT2D eigenvalue weighted by Gasteiger charge is -2.35. The van der Waals surface area contributed by atoms with Gasteiger partial charge in [0.25, 0.3) is 0 Å². The number of carbonyl (C=O) groups is 1. The molecule has 132 valence electrons. The summed E-state index contributed by atoms with van der Waals surface area (Å²) in [5, 5.41) is 9.77. The number of benzene rings is 2. The minimum atomic E-state index is -0.311. The van der Waals surface area contributed by atoms with E-state index in [-0.39, 0.29) is 17.8 Å². The summed E-state index contributed by atoms with van der Waals surface area (Å²) in [6.45, 7) is 3.46. The van der Waals surface area contributed by atoms with Crippen LogP contribution in [0.5, 0.6) is 11.5 Å². The SMILES string of the molecule is CCOC(=O)C1Cc2ccccc2CN1Cc1ccc(O)c(OC)c1. The number of carbonyl (C=O) groups excluding carboxylic acids is 1. The molecule has 1 N–H and O–H groups in total. The molecule has 0 saturated carbocycles. The third-order valence-corrected chi connectivity index (χ3v) is 4.53. The Bertz CT molecular complexity index is 759. The van der Waals surface area contributed by atoms with Gasteiger partial charge in [-0.1, -0.05) is 30.3 Å². The number of aromatic hydroxyl groups is 1. The van der Waals surface area contributed by atoms with Crippen molar-refractivity contribution in [1.29, 1.82) is 0 Å². The first-order valence-electron chi connectivity index (χ1n) is 8.45. The van der Waals surface area contributed by atoms with Crippen molar-refractivity contribution in [2.75, 3.05) is 13.7 Å². The van der Waals surface area contributed by atoms with Gasteiger partial charge in [-0.05, 0) is 42.2 Å². The molecule has 2 aromatic carbocycles. The van der Waals surface area contributed by atoms with Gasteiger partial charge in [0.2, 0.25) is 0 Å². The van der Waals surface area contributed by atoms with E-state index in [0.29, 0.717) is 31.9 Å². The van der Waals surface area contributed by atoms with Crippen molar-refractivity contribution in [2.24, 2.45) is 0 Å². The molecule has 0 saturated heterocycles. The van der Waals surface area contributed by atoms with E-state index in [0.717, 1.165) is 5.56 Å². The van der Waals surface area contributed by atoms with E-state index in [2.05, 4.69) is 17.0 Å². The van der Waals surface area contributed by atoms with Crippen molar-refractivity contribution in [3.8, 4) is 11.5 Å². The topological polar surface area (TPSA) is 59.0 Å². The van der Waals surface area contributed by atoms with Gasteiger partial charge in [-0.2, -0.15) is 0 Å². The molecule has 0 spiro atoms. The van der Waals surface area contributed by atoms with Crippen molar-refractivity contribution in [3.63, 3.8) is 0 Å². The molecule has 2 aromatic rings. The maximum atomic E-state index is 12.5. The molecular formula is C20H23NO4. The maximum Gasteiger partial charge on any atom is 0.323 e. The fourth-order valence-electron chi connectivity index (χ4n) is 3.27. The van der Waals surface area contributed by atoms with Crippen LogP contribution in [0.3, 0.4) is 0 Å². The van der Waals surface area contributed by atoms with Gasteiger partial charge >= 0.3 is 5.97 Å². The van der Waals surface area contributed by atoms with Crippen LogP contribution in [0.1, 0.15) is 23.6 Å². The lowest BCUT2D eigenvalue weighted by molar-refractivity contribution is -0.150. The van der Waals surface area contributed by atoms with Crippen LogP contribution in [0.15, 0.2) is 42.5 Å². The number of ether oxygens (including phenoxy) is 2. The zero-order chi connectivity index (χ0) is 17.8. The Balaban J connectivity index is 1.87. The van der Waals surface area contributed by atoms with E-state index < -0.39 is 0 Å². The second-order valence-corrected chi connectivity index (χ2v) is 6.15. The zero-order valence-electron chi connectivity index (χ0n) is 14.6. The summed E-state index contributed by atoms with van der Waals surface area (Å²) in [6, 6.07) is 13.1. The molecule has 25 heavy (non-hydrogen) atoms. The number of fused-ring (bicyclic) bond motifs is 1. The molecular weight excluding hydrogens is 318 g/mol. The zero-order valence-corrected chi connectivity index (χ0v) is 14.6. The third-order valence-electron chi connectivity index (χ3n) is 4.53. The minimum absolute atomic E-state index is 0.109. The van der Waals surface area contributed by atoms with Crippen molar-refractivity contribution in [2.45, 2.75) is 32.5 Å². The molecule has 0 bridgehead atoms. The van der Waals surface area contributed by atoms with E-state index in [1.165, 1.54) is 18.2 Å². The summed E-state index contributed by atoms with van der Waals surface area (Å²) in [5.41, 5.74) is 3.40. The van der Waals surface area contributed by atoms with E-state index in [4.69, 9.17) is 9.47 Å². The first-order chi connectivity index (χ1) is 12.1. The average molecular weight is 341 g/mol. The lowest BCUT2D eigenvalue weighted by Crippen LogP contribution is -2.45. The second kappa shape index (κ2) is 7.57. The number of phenolic OH excluding ortho intramolecular Hbond substituents is 1. The van der Waals surface area contributed by atoms with Crippen LogP contribution in [-0.4, -0.2) is 35.7 Å². The summed E-state index contributed by atoms with van der Waals surface area (Å²) < 4.78 is 10.5. The highest BCUT2D eigenvalue weighted by Crippen LogP contribution is 2.29. The Morgan fingerprint density at radius 2 is 2.00 bits per heavy atom. The van der Waals surface area contributed by atoms with Gasteiger partial charge in [-0.3, -0.25) is 9.69 Å². The predicted octanol–water partition coefficient (Wildman–Crippen LogP) is 2.89. The van der Waals surface area contributed by atoms with Crippen LogP contribution < -0.4 is 4.74 Å². The standard InChI is InChI=1S/C20H23NO4/c1-3-25-20(23)17-11-15-6-4-5-7-16(15)13-21(17)12-14-8-9-18(22)19(10-14)24-2/h4-10,17,22H,3,11-13H2,1-2H3. The summed E-state index contributed by atoms with van der Waals surface area (Å²) in [7, 11) is 1.53. The van der Waals surface area contributed by atoms with Gasteiger partial charge in [0, 0.05) is 13.1 Å². The number of methoxy groups -OCH3 is 1. The molecule has 0 fully saturated rings. The fourth-order valence-corrected chi connectivity index (χ4v) is 3.27. The first-order valence-corrected chi connectivity index (χ1v) is 8.45. The van der Waals surface area contributed by atoms with Gasteiger partial charge < -0.3 is 14.6 Å². The van der Waals surface area contributed by atoms with Crippen LogP contribution in [-0.2, 0) is 29.0 Å². The van der Waals surface area contributed by atoms with Crippen molar-refractivity contribution >= 4 is 5.97 Å². The average Bonchev–Trinajstić information content (AvgIpc) is 2.63. The molecule has 1 aliphatic rings. The van der Waals surface area contributed by atoms with Gasteiger partial charge in [-0.15, -0.1) is 0 Å². The van der Waals surface area contributed by atoms with Crippen LogP contribution in [0.2, 0.25) is 0 Å². The number of hydrogen-bond acceptors (Lipinski definition) is 5. The Labute approximate surface area is 147 Å². The largest absolute Gasteiger partial charge is 0.504 e. The Morgan fingerprint density at radius 1 is 1.24 bits per heavy atom. The third kappa shape index (κ3) is 3.77. The second-order valence-electron chi connectivity index (χ2n) is 6.15. The molecule has 5 nitrogen and oxygen atoms in total. The van der Waals surface area contributed by atoms with Gasteiger partial charge in [-0.25, -0.2) is 0 Å². The number of rotatable bonds is 5. The van der Waals surface area contributed by atoms with Crippen LogP contribution >= 0.6 is 0 Å². The highest BCUT2D eigenvalue weighted by atomic mass is 16.5. The number of hydrogen-bond donors (Lipinski definition) is 1. The monoisotopic (exact) mass is 341 g/mol. The molecule has 0 radical (unpaired) electrons. The quantitative estimate of drug-likeness (QED) is 0.848. The molecule has 0 aliphatic carbocycles. The summed E-state index contributed by atoms with van der Waals surface area (Å²) in [4.78, 5) is 14.6. The smallest absolute Gasteiger partial charge is 0.323 e. The van der Waals surface area contributed by atoms with Crippen molar-refractivity contribution in [1.82, 2.24) is 4.90 Å². The van der Waals surface area contributed by atoms with Crippen LogP contribution in [0.4, 0.5) is 0 Å². The highest BCUT2D eigenvalue weighted by molar-refractivity contribution is 5.76. The van der Waals surface area contributed by atoms with Crippen LogP contribution in [0.25, 0.3) is 0 Å². The highest BCUT2D eigenvalue weighted by Gasteiger charge is 2.32. The predicted molar refractivity (Wildman–Crippen MR) is 94.5 cm³/mol. The molecule has 5 heteroatoms. The number of nitrogens with zero attached hydrogens (tertiary/aromatic N) is 1. The normalized spacial score (nSPS) is 17.0. The molecule has 1 atom stereocenters. The molecule has 3 rings (SSSR count). The van der Waals surface area contributed by atoms with Crippen molar-refractivity contribution in [3.05, 3.63) is 59.2 Å². The summed E-state index contributed by atoms with van der Waals surface area (Å²) in [5.74, 6) is 0.350. The maximum absolute atomic E-state index is 12.5. The molecule has 0 aromatic heterocycles. The molecule has 1 heterocycles. The summed E-state index contributed by atoms with van der Waals surface area (Å²) >= 11 is 0. The minimum Gasteiger partial charge on any atom is -0.504 e. The van der Waals surface area contributed by atoms with Crippen LogP contribution in [0, 0.1) is 0 Å².